The van der Waals surface area contributed by atoms with Crippen LogP contribution in [-0.4, -0.2) is 17.7 Å². The van der Waals surface area contributed by atoms with Crippen LogP contribution in [0.15, 0.2) is 54.6 Å². The van der Waals surface area contributed by atoms with Crippen LogP contribution in [0.4, 0.5) is 0 Å². The number of carboxylic acids is 1. The largest absolute Gasteiger partial charge is 0.482 e. The highest BCUT2D eigenvalue weighted by atomic mass is 16.5. The lowest BCUT2D eigenvalue weighted by Gasteiger charge is -2.16. The highest BCUT2D eigenvalue weighted by molar-refractivity contribution is 5.68. The van der Waals surface area contributed by atoms with Crippen LogP contribution < -0.4 is 10.1 Å². The van der Waals surface area contributed by atoms with Crippen molar-refractivity contribution < 1.29 is 14.6 Å². The zero-order valence-electron chi connectivity index (χ0n) is 12.0. The van der Waals surface area contributed by atoms with Crippen LogP contribution >= 0.6 is 0 Å². The van der Waals surface area contributed by atoms with Gasteiger partial charge in [-0.1, -0.05) is 48.5 Å². The van der Waals surface area contributed by atoms with Crippen LogP contribution in [0.25, 0.3) is 0 Å². The second-order valence-corrected chi connectivity index (χ2v) is 4.80. The third-order valence-corrected chi connectivity index (χ3v) is 3.22. The van der Waals surface area contributed by atoms with Crippen LogP contribution in [0.3, 0.4) is 0 Å². The lowest BCUT2D eigenvalue weighted by molar-refractivity contribution is -0.139. The van der Waals surface area contributed by atoms with Gasteiger partial charge in [0.25, 0.3) is 0 Å². The molecule has 0 amide bonds. The molecule has 0 aromatic heterocycles. The Morgan fingerprint density at radius 3 is 2.52 bits per heavy atom. The molecule has 110 valence electrons. The number of carbonyl (C=O) groups is 1. The van der Waals surface area contributed by atoms with E-state index in [1.807, 2.05) is 36.4 Å². The first-order chi connectivity index (χ1) is 10.2. The summed E-state index contributed by atoms with van der Waals surface area (Å²) in [5.74, 6) is -0.372. The highest BCUT2D eigenvalue weighted by Gasteiger charge is 2.08. The maximum atomic E-state index is 10.6. The fourth-order valence-corrected chi connectivity index (χ4v) is 2.05. The molecule has 2 rings (SSSR count). The zero-order chi connectivity index (χ0) is 15.1. The molecule has 0 fully saturated rings. The summed E-state index contributed by atoms with van der Waals surface area (Å²) in [4.78, 5) is 10.6. The van der Waals surface area contributed by atoms with Gasteiger partial charge in [-0.05, 0) is 18.6 Å². The van der Waals surface area contributed by atoms with E-state index in [0.717, 1.165) is 5.56 Å². The van der Waals surface area contributed by atoms with Gasteiger partial charge in [0.1, 0.15) is 5.75 Å². The predicted octanol–water partition coefficient (Wildman–Crippen LogP) is 3.00. The fraction of sp³-hybridized carbons (Fsp3) is 0.235. The summed E-state index contributed by atoms with van der Waals surface area (Å²) < 4.78 is 5.30. The number of rotatable bonds is 7. The minimum absolute atomic E-state index is 0.207. The van der Waals surface area contributed by atoms with E-state index in [4.69, 9.17) is 9.84 Å². The van der Waals surface area contributed by atoms with E-state index in [0.29, 0.717) is 12.3 Å². The van der Waals surface area contributed by atoms with Crippen molar-refractivity contribution >= 4 is 5.97 Å². The topological polar surface area (TPSA) is 58.6 Å². The maximum Gasteiger partial charge on any atom is 0.341 e. The monoisotopic (exact) mass is 285 g/mol. The number of hydrogen-bond acceptors (Lipinski definition) is 3. The highest BCUT2D eigenvalue weighted by Crippen LogP contribution is 2.19. The van der Waals surface area contributed by atoms with Gasteiger partial charge in [0.05, 0.1) is 0 Å². The van der Waals surface area contributed by atoms with E-state index in [-0.39, 0.29) is 12.6 Å². The van der Waals surface area contributed by atoms with E-state index in [1.165, 1.54) is 5.56 Å². The lowest BCUT2D eigenvalue weighted by Crippen LogP contribution is -2.19. The van der Waals surface area contributed by atoms with Crippen molar-refractivity contribution in [3.8, 4) is 5.75 Å². The SMILES string of the molecule is CC(NCc1ccccc1OCC(=O)O)c1ccccc1. The Balaban J connectivity index is 1.98. The van der Waals surface area contributed by atoms with Gasteiger partial charge in [-0.25, -0.2) is 4.79 Å². The average molecular weight is 285 g/mol. The van der Waals surface area contributed by atoms with Crippen LogP contribution in [-0.2, 0) is 11.3 Å². The van der Waals surface area contributed by atoms with Gasteiger partial charge in [0.2, 0.25) is 0 Å². The third kappa shape index (κ3) is 4.61. The fourth-order valence-electron chi connectivity index (χ4n) is 2.05. The Kier molecular flexibility index (Phi) is 5.35. The Morgan fingerprint density at radius 1 is 1.14 bits per heavy atom. The molecule has 2 aromatic carbocycles. The molecular formula is C17H19NO3. The average Bonchev–Trinajstić information content (AvgIpc) is 2.52. The van der Waals surface area contributed by atoms with Crippen LogP contribution in [0, 0.1) is 0 Å². The quantitative estimate of drug-likeness (QED) is 0.821. The molecule has 4 heteroatoms. The van der Waals surface area contributed by atoms with Crippen molar-refractivity contribution in [2.75, 3.05) is 6.61 Å². The van der Waals surface area contributed by atoms with Gasteiger partial charge in [-0.2, -0.15) is 0 Å². The molecule has 0 aliphatic rings. The van der Waals surface area contributed by atoms with E-state index < -0.39 is 5.97 Å². The smallest absolute Gasteiger partial charge is 0.341 e. The predicted molar refractivity (Wildman–Crippen MR) is 81.3 cm³/mol. The molecule has 0 saturated heterocycles. The number of aliphatic carboxylic acids is 1. The Bertz CT molecular complexity index is 584. The van der Waals surface area contributed by atoms with Gasteiger partial charge in [-0.3, -0.25) is 0 Å². The van der Waals surface area contributed by atoms with Gasteiger partial charge in [0.15, 0.2) is 6.61 Å². The van der Waals surface area contributed by atoms with Crippen molar-refractivity contribution in [2.24, 2.45) is 0 Å². The van der Waals surface area contributed by atoms with Gasteiger partial charge in [0, 0.05) is 18.2 Å². The molecule has 21 heavy (non-hydrogen) atoms. The summed E-state index contributed by atoms with van der Waals surface area (Å²) in [5, 5.41) is 12.1. The van der Waals surface area contributed by atoms with Gasteiger partial charge >= 0.3 is 5.97 Å². The van der Waals surface area contributed by atoms with Crippen LogP contribution in [0.2, 0.25) is 0 Å². The molecule has 0 aliphatic heterocycles. The number of carboxylic acid groups (broad SMARTS) is 1. The second kappa shape index (κ2) is 7.45. The number of ether oxygens (including phenoxy) is 1. The zero-order valence-corrected chi connectivity index (χ0v) is 12.0. The first-order valence-corrected chi connectivity index (χ1v) is 6.87. The molecule has 1 atom stereocenters. The van der Waals surface area contributed by atoms with E-state index >= 15 is 0 Å². The Labute approximate surface area is 124 Å². The van der Waals surface area contributed by atoms with Gasteiger partial charge < -0.3 is 15.2 Å². The Morgan fingerprint density at radius 2 is 1.81 bits per heavy atom. The standard InChI is InChI=1S/C17H19NO3/c1-13(14-7-3-2-4-8-14)18-11-15-9-5-6-10-16(15)21-12-17(19)20/h2-10,13,18H,11-12H2,1H3,(H,19,20). The molecule has 0 spiro atoms. The van der Waals surface area contributed by atoms with Gasteiger partial charge in [-0.15, -0.1) is 0 Å². The maximum absolute atomic E-state index is 10.6. The molecule has 0 heterocycles. The molecule has 0 radical (unpaired) electrons. The normalized spacial score (nSPS) is 11.9. The number of hydrogen-bond donors (Lipinski definition) is 2. The first kappa shape index (κ1) is 15.1. The molecule has 2 aromatic rings. The Hall–Kier alpha value is -2.33. The molecule has 1 unspecified atom stereocenters. The van der Waals surface area contributed by atoms with Crippen molar-refractivity contribution in [3.05, 3.63) is 65.7 Å². The summed E-state index contributed by atoms with van der Waals surface area (Å²) in [5.41, 5.74) is 2.16. The molecule has 0 saturated carbocycles. The van der Waals surface area contributed by atoms with Crippen molar-refractivity contribution in [1.82, 2.24) is 5.32 Å². The van der Waals surface area contributed by atoms with Crippen LogP contribution in [0.1, 0.15) is 24.1 Å². The second-order valence-electron chi connectivity index (χ2n) is 4.80. The molecule has 4 nitrogen and oxygen atoms in total. The van der Waals surface area contributed by atoms with Crippen LogP contribution in [0.5, 0.6) is 5.75 Å². The van der Waals surface area contributed by atoms with Crippen molar-refractivity contribution in [1.29, 1.82) is 0 Å². The molecule has 2 N–H and O–H groups in total. The van der Waals surface area contributed by atoms with Crippen molar-refractivity contribution in [3.63, 3.8) is 0 Å². The molecule has 0 bridgehead atoms. The summed E-state index contributed by atoms with van der Waals surface area (Å²) in [7, 11) is 0. The minimum atomic E-state index is -0.976. The van der Waals surface area contributed by atoms with E-state index in [9.17, 15) is 4.79 Å². The van der Waals surface area contributed by atoms with E-state index in [1.54, 1.807) is 6.07 Å². The molecule has 0 aliphatic carbocycles. The summed E-state index contributed by atoms with van der Waals surface area (Å²) >= 11 is 0. The third-order valence-electron chi connectivity index (χ3n) is 3.22. The van der Waals surface area contributed by atoms with Crippen molar-refractivity contribution in [2.45, 2.75) is 19.5 Å². The van der Waals surface area contributed by atoms with E-state index in [2.05, 4.69) is 24.4 Å². The lowest BCUT2D eigenvalue weighted by atomic mass is 10.1. The number of para-hydroxylation sites is 1. The molecular weight excluding hydrogens is 266 g/mol. The summed E-state index contributed by atoms with van der Waals surface area (Å²) in [6.45, 7) is 2.38. The number of benzene rings is 2. The summed E-state index contributed by atoms with van der Waals surface area (Å²) in [6, 6.07) is 17.8. The number of nitrogens with one attached hydrogen (secondary N) is 1. The summed E-state index contributed by atoms with van der Waals surface area (Å²) in [6.07, 6.45) is 0. The first-order valence-electron chi connectivity index (χ1n) is 6.87. The minimum Gasteiger partial charge on any atom is -0.482 e.